The third-order valence-electron chi connectivity index (χ3n) is 3.03. The summed E-state index contributed by atoms with van der Waals surface area (Å²) in [5.74, 6) is -2.05. The van der Waals surface area contributed by atoms with E-state index in [1.807, 2.05) is 4.98 Å². The minimum Gasteiger partial charge on any atom is -0.480 e. The maximum absolute atomic E-state index is 11.2. The number of carboxylic acids is 2. The summed E-state index contributed by atoms with van der Waals surface area (Å²) in [5.41, 5.74) is -1.02. The summed E-state index contributed by atoms with van der Waals surface area (Å²) in [6.07, 6.45) is 2.69. The lowest BCUT2D eigenvalue weighted by atomic mass is 10.3. The molecule has 13 nitrogen and oxygen atoms in total. The third kappa shape index (κ3) is 7.79. The number of aromatic amines is 3. The Morgan fingerprint density at radius 2 is 1.75 bits per heavy atom. The molecule has 0 spiro atoms. The number of aromatic nitrogens is 4. The molecule has 0 aliphatic heterocycles. The van der Waals surface area contributed by atoms with Gasteiger partial charge in [0.25, 0.3) is 11.1 Å². The Kier molecular flexibility index (Phi) is 8.51. The fourth-order valence-electron chi connectivity index (χ4n) is 1.73. The van der Waals surface area contributed by atoms with Gasteiger partial charge in [0.05, 0.1) is 6.54 Å². The summed E-state index contributed by atoms with van der Waals surface area (Å²) in [4.78, 5) is 60.6. The number of hydrogen-bond donors (Lipinski definition) is 7. The molecule has 0 unspecified atom stereocenters. The van der Waals surface area contributed by atoms with Crippen LogP contribution in [-0.4, -0.2) is 54.8 Å². The van der Waals surface area contributed by atoms with Crippen LogP contribution in [0.2, 0.25) is 0 Å². The van der Waals surface area contributed by atoms with Gasteiger partial charge in [-0.25, -0.2) is 4.79 Å². The molecule has 28 heavy (non-hydrogen) atoms. The molecule has 2 aromatic heterocycles. The van der Waals surface area contributed by atoms with E-state index in [0.29, 0.717) is 5.56 Å². The first-order chi connectivity index (χ1) is 13.1. The van der Waals surface area contributed by atoms with Gasteiger partial charge in [-0.1, -0.05) is 0 Å². The summed E-state index contributed by atoms with van der Waals surface area (Å²) in [6.45, 7) is -0.371. The molecule has 0 atom stereocenters. The van der Waals surface area contributed by atoms with Crippen LogP contribution >= 0.6 is 12.2 Å². The highest BCUT2D eigenvalue weighted by molar-refractivity contribution is 7.71. The van der Waals surface area contributed by atoms with Gasteiger partial charge in [-0.05, 0) is 12.2 Å². The molecule has 0 aliphatic rings. The highest BCUT2D eigenvalue weighted by atomic mass is 32.1. The second-order valence-electron chi connectivity index (χ2n) is 5.25. The Bertz CT molecular complexity index is 1070. The number of aliphatic carboxylic acids is 2. The molecule has 2 heterocycles. The zero-order valence-electron chi connectivity index (χ0n) is 14.6. The summed E-state index contributed by atoms with van der Waals surface area (Å²) in [6, 6.07) is 0. The largest absolute Gasteiger partial charge is 0.480 e. The van der Waals surface area contributed by atoms with Gasteiger partial charge in [0, 0.05) is 31.5 Å². The predicted octanol–water partition coefficient (Wildman–Crippen LogP) is -1.82. The molecule has 0 radical (unpaired) electrons. The van der Waals surface area contributed by atoms with Crippen molar-refractivity contribution in [2.45, 2.75) is 6.54 Å². The van der Waals surface area contributed by atoms with Crippen molar-refractivity contribution in [2.24, 2.45) is 7.05 Å². The Hall–Kier alpha value is -3.52. The fraction of sp³-hybridized carbons (Fsp3) is 0.286. The van der Waals surface area contributed by atoms with Gasteiger partial charge >= 0.3 is 17.6 Å². The van der Waals surface area contributed by atoms with E-state index in [-0.39, 0.29) is 35.7 Å². The first-order valence-electron chi connectivity index (χ1n) is 7.59. The molecule has 0 saturated carbocycles. The van der Waals surface area contributed by atoms with Crippen LogP contribution in [-0.2, 0) is 23.2 Å². The molecule has 0 amide bonds. The Labute approximate surface area is 161 Å². The maximum Gasteiger partial charge on any atom is 0.328 e. The lowest BCUT2D eigenvalue weighted by molar-refractivity contribution is -0.136. The van der Waals surface area contributed by atoms with Gasteiger partial charge in [0.1, 0.15) is 12.2 Å². The van der Waals surface area contributed by atoms with E-state index in [9.17, 15) is 24.0 Å². The van der Waals surface area contributed by atoms with Crippen LogP contribution in [0.5, 0.6) is 0 Å². The van der Waals surface area contributed by atoms with Crippen molar-refractivity contribution in [3.8, 4) is 0 Å². The molecular formula is C14H18N6O7S. The van der Waals surface area contributed by atoms with Crippen LogP contribution in [0.25, 0.3) is 0 Å². The molecular weight excluding hydrogens is 396 g/mol. The number of carboxylic acid groups (broad SMARTS) is 2. The van der Waals surface area contributed by atoms with Gasteiger partial charge in [0.2, 0.25) is 0 Å². The molecule has 152 valence electrons. The third-order valence-corrected chi connectivity index (χ3v) is 3.25. The van der Waals surface area contributed by atoms with E-state index in [4.69, 9.17) is 10.2 Å². The minimum absolute atomic E-state index is 0.0505. The molecule has 0 bridgehead atoms. The van der Waals surface area contributed by atoms with E-state index in [0.717, 1.165) is 4.57 Å². The maximum atomic E-state index is 11.2. The summed E-state index contributed by atoms with van der Waals surface area (Å²) >= 11 is 4.69. The molecule has 0 saturated heterocycles. The Morgan fingerprint density at radius 3 is 2.32 bits per heavy atom. The number of nitrogens with zero attached hydrogens (tertiary/aromatic N) is 1. The van der Waals surface area contributed by atoms with Crippen LogP contribution < -0.4 is 27.4 Å². The average Bonchev–Trinajstić information content (AvgIpc) is 2.59. The average molecular weight is 414 g/mol. The Morgan fingerprint density at radius 1 is 1.11 bits per heavy atom. The van der Waals surface area contributed by atoms with Crippen molar-refractivity contribution < 1.29 is 19.8 Å². The SMILES string of the molecule is Cn1cc(NCC(=O)O)c(=O)[nH]c1=O.O=C(O)CNCc1c[nH]c(=S)[nH]c1=O. The summed E-state index contributed by atoms with van der Waals surface area (Å²) in [7, 11) is 1.45. The van der Waals surface area contributed by atoms with Crippen LogP contribution in [0.1, 0.15) is 5.56 Å². The van der Waals surface area contributed by atoms with Crippen LogP contribution in [0, 0.1) is 4.77 Å². The number of nitrogens with one attached hydrogen (secondary N) is 5. The highest BCUT2D eigenvalue weighted by Crippen LogP contribution is 1.92. The van der Waals surface area contributed by atoms with Crippen molar-refractivity contribution in [3.05, 3.63) is 53.9 Å². The second-order valence-corrected chi connectivity index (χ2v) is 5.66. The van der Waals surface area contributed by atoms with E-state index >= 15 is 0 Å². The van der Waals surface area contributed by atoms with Crippen LogP contribution in [0.3, 0.4) is 0 Å². The minimum atomic E-state index is -1.08. The lowest BCUT2D eigenvalue weighted by Crippen LogP contribution is -2.30. The molecule has 2 aromatic rings. The van der Waals surface area contributed by atoms with E-state index in [1.165, 1.54) is 19.4 Å². The molecule has 0 fully saturated rings. The lowest BCUT2D eigenvalue weighted by Gasteiger charge is -2.03. The number of anilines is 1. The Balaban J connectivity index is 0.000000280. The van der Waals surface area contributed by atoms with Crippen LogP contribution in [0.15, 0.2) is 26.8 Å². The number of rotatable bonds is 7. The van der Waals surface area contributed by atoms with Gasteiger partial charge in [-0.15, -0.1) is 0 Å². The molecule has 2 rings (SSSR count). The molecule has 0 aliphatic carbocycles. The van der Waals surface area contributed by atoms with Gasteiger partial charge in [-0.3, -0.25) is 29.1 Å². The van der Waals surface area contributed by atoms with E-state index < -0.39 is 23.2 Å². The highest BCUT2D eigenvalue weighted by Gasteiger charge is 2.03. The van der Waals surface area contributed by atoms with E-state index in [1.54, 1.807) is 0 Å². The fourth-order valence-corrected chi connectivity index (χ4v) is 1.89. The first kappa shape index (κ1) is 22.5. The first-order valence-corrected chi connectivity index (χ1v) is 8.00. The quantitative estimate of drug-likeness (QED) is 0.253. The molecule has 14 heteroatoms. The zero-order valence-corrected chi connectivity index (χ0v) is 15.4. The van der Waals surface area contributed by atoms with Crippen molar-refractivity contribution in [1.82, 2.24) is 24.8 Å². The van der Waals surface area contributed by atoms with Gasteiger partial charge < -0.3 is 30.4 Å². The monoisotopic (exact) mass is 414 g/mol. The van der Waals surface area contributed by atoms with Gasteiger partial charge in [-0.2, -0.15) is 0 Å². The standard InChI is InChI=1S/C7H9N3O4.C7H9N3O3S/c1-10-3-4(8-2-5(11)12)6(13)9-7(10)14;11-5(12)3-8-1-4-2-9-7(14)10-6(4)13/h3,8H,2H2,1H3,(H,11,12)(H,9,13,14);2,8H,1,3H2,(H,11,12)(H2,9,10,13,14). The van der Waals surface area contributed by atoms with Crippen LogP contribution in [0.4, 0.5) is 5.69 Å². The normalized spacial score (nSPS) is 9.89. The van der Waals surface area contributed by atoms with Gasteiger partial charge in [0.15, 0.2) is 4.77 Å². The number of hydrogen-bond acceptors (Lipinski definition) is 8. The molecule has 0 aromatic carbocycles. The molecule has 7 N–H and O–H groups in total. The number of carbonyl (C=O) groups is 2. The topological polar surface area (TPSA) is 202 Å². The van der Waals surface area contributed by atoms with Crippen molar-refractivity contribution >= 4 is 29.8 Å². The van der Waals surface area contributed by atoms with Crippen molar-refractivity contribution in [1.29, 1.82) is 0 Å². The number of aryl methyl sites for hydroxylation is 1. The number of H-pyrrole nitrogens is 3. The van der Waals surface area contributed by atoms with E-state index in [2.05, 4.69) is 32.8 Å². The van der Waals surface area contributed by atoms with Crippen molar-refractivity contribution in [2.75, 3.05) is 18.4 Å². The summed E-state index contributed by atoms with van der Waals surface area (Å²) < 4.78 is 1.39. The second kappa shape index (κ2) is 10.6. The van der Waals surface area contributed by atoms with Crippen molar-refractivity contribution in [3.63, 3.8) is 0 Å². The summed E-state index contributed by atoms with van der Waals surface area (Å²) in [5, 5.41) is 21.6. The zero-order chi connectivity index (χ0) is 21.3. The predicted molar refractivity (Wildman–Crippen MR) is 100 cm³/mol. The smallest absolute Gasteiger partial charge is 0.328 e.